The molecule has 2 aromatic rings. The summed E-state index contributed by atoms with van der Waals surface area (Å²) in [4.78, 5) is 24.9. The van der Waals surface area contributed by atoms with Gasteiger partial charge in [0.2, 0.25) is 5.91 Å². The molecule has 150 valence electrons. The molecule has 1 unspecified atom stereocenters. The highest BCUT2D eigenvalue weighted by atomic mass is 32.2. The van der Waals surface area contributed by atoms with E-state index in [1.165, 1.54) is 12.1 Å². The fraction of sp³-hybridized carbons (Fsp3) is 0.333. The molecule has 2 amide bonds. The van der Waals surface area contributed by atoms with Crippen molar-refractivity contribution < 1.29 is 18.0 Å². The van der Waals surface area contributed by atoms with Crippen LogP contribution in [0, 0.1) is 6.92 Å². The maximum absolute atomic E-state index is 12.4. The van der Waals surface area contributed by atoms with Crippen LogP contribution in [0.2, 0.25) is 0 Å². The van der Waals surface area contributed by atoms with Gasteiger partial charge < -0.3 is 10.6 Å². The van der Waals surface area contributed by atoms with Crippen LogP contribution in [0.1, 0.15) is 42.6 Å². The van der Waals surface area contributed by atoms with Gasteiger partial charge in [0.15, 0.2) is 9.84 Å². The van der Waals surface area contributed by atoms with Crippen molar-refractivity contribution in [3.05, 3.63) is 59.7 Å². The second-order valence-corrected chi connectivity index (χ2v) is 8.87. The van der Waals surface area contributed by atoms with E-state index in [2.05, 4.69) is 10.6 Å². The molecular weight excluding hydrogens is 376 g/mol. The zero-order valence-corrected chi connectivity index (χ0v) is 17.2. The van der Waals surface area contributed by atoms with Crippen LogP contribution in [0.5, 0.6) is 0 Å². The summed E-state index contributed by atoms with van der Waals surface area (Å²) in [6.07, 6.45) is 0.592. The smallest absolute Gasteiger partial charge is 0.253 e. The molecule has 0 heterocycles. The fourth-order valence-corrected chi connectivity index (χ4v) is 3.74. The molecule has 6 nitrogen and oxygen atoms in total. The first-order chi connectivity index (χ1) is 13.2. The van der Waals surface area contributed by atoms with Crippen LogP contribution in [-0.4, -0.2) is 32.0 Å². The minimum absolute atomic E-state index is 0.0101. The average Bonchev–Trinajstić information content (AvgIpc) is 2.67. The number of rotatable bonds is 8. The van der Waals surface area contributed by atoms with Gasteiger partial charge >= 0.3 is 0 Å². The second-order valence-electron chi connectivity index (χ2n) is 6.76. The van der Waals surface area contributed by atoms with Crippen molar-refractivity contribution in [1.82, 2.24) is 5.32 Å². The van der Waals surface area contributed by atoms with Gasteiger partial charge in [-0.05, 0) is 44.5 Å². The van der Waals surface area contributed by atoms with Crippen molar-refractivity contribution in [2.24, 2.45) is 0 Å². The van der Waals surface area contributed by atoms with Crippen molar-refractivity contribution in [3.63, 3.8) is 0 Å². The van der Waals surface area contributed by atoms with E-state index < -0.39 is 15.7 Å². The third kappa shape index (κ3) is 5.92. The highest BCUT2D eigenvalue weighted by Crippen LogP contribution is 2.17. The Morgan fingerprint density at radius 1 is 1.04 bits per heavy atom. The van der Waals surface area contributed by atoms with E-state index in [1.54, 1.807) is 36.4 Å². The number of amides is 2. The molecule has 2 N–H and O–H groups in total. The molecule has 0 aliphatic heterocycles. The van der Waals surface area contributed by atoms with Gasteiger partial charge in [0.25, 0.3) is 5.91 Å². The van der Waals surface area contributed by atoms with E-state index in [1.807, 2.05) is 20.8 Å². The van der Waals surface area contributed by atoms with Crippen LogP contribution in [-0.2, 0) is 14.6 Å². The zero-order valence-electron chi connectivity index (χ0n) is 16.4. The Bertz CT molecular complexity index is 937. The van der Waals surface area contributed by atoms with Gasteiger partial charge in [-0.25, -0.2) is 8.42 Å². The number of carbonyl (C=O) groups is 2. The fourth-order valence-electron chi connectivity index (χ4n) is 2.50. The second kappa shape index (κ2) is 9.50. The molecular formula is C21H26N2O4S. The topological polar surface area (TPSA) is 92.3 Å². The van der Waals surface area contributed by atoms with E-state index >= 15 is 0 Å². The van der Waals surface area contributed by atoms with Gasteiger partial charge in [0.1, 0.15) is 0 Å². The normalized spacial score (nSPS) is 12.2. The predicted octanol–water partition coefficient (Wildman–Crippen LogP) is 3.33. The van der Waals surface area contributed by atoms with E-state index in [0.717, 1.165) is 12.0 Å². The Morgan fingerprint density at radius 2 is 1.68 bits per heavy atom. The van der Waals surface area contributed by atoms with Gasteiger partial charge in [-0.15, -0.1) is 0 Å². The van der Waals surface area contributed by atoms with Gasteiger partial charge in [0.05, 0.1) is 21.9 Å². The van der Waals surface area contributed by atoms with Crippen molar-refractivity contribution in [2.45, 2.75) is 44.6 Å². The van der Waals surface area contributed by atoms with Crippen LogP contribution in [0.4, 0.5) is 5.69 Å². The van der Waals surface area contributed by atoms with Crippen LogP contribution in [0.15, 0.2) is 53.4 Å². The summed E-state index contributed by atoms with van der Waals surface area (Å²) in [5, 5.41) is 5.51. The van der Waals surface area contributed by atoms with Crippen molar-refractivity contribution in [3.8, 4) is 0 Å². The summed E-state index contributed by atoms with van der Waals surface area (Å²) in [7, 11) is -3.55. The molecule has 0 saturated heterocycles. The lowest BCUT2D eigenvalue weighted by molar-refractivity contribution is -0.115. The van der Waals surface area contributed by atoms with Crippen LogP contribution >= 0.6 is 0 Å². The lowest BCUT2D eigenvalue weighted by Crippen LogP contribution is -2.32. The summed E-state index contributed by atoms with van der Waals surface area (Å²) in [6, 6.07) is 13.2. The largest absolute Gasteiger partial charge is 0.350 e. The Labute approximate surface area is 166 Å². The molecule has 0 spiro atoms. The van der Waals surface area contributed by atoms with Gasteiger partial charge in [-0.2, -0.15) is 0 Å². The first-order valence-corrected chi connectivity index (χ1v) is 10.9. The van der Waals surface area contributed by atoms with Crippen LogP contribution in [0.25, 0.3) is 0 Å². The Kier molecular flexibility index (Phi) is 7.34. The summed E-state index contributed by atoms with van der Waals surface area (Å²) in [6.45, 7) is 5.74. The molecule has 0 aliphatic carbocycles. The molecule has 28 heavy (non-hydrogen) atoms. The van der Waals surface area contributed by atoms with E-state index in [9.17, 15) is 18.0 Å². The number of nitrogens with one attached hydrogen (secondary N) is 2. The number of hydrogen-bond donors (Lipinski definition) is 2. The van der Waals surface area contributed by atoms with Gasteiger partial charge in [-0.1, -0.05) is 36.8 Å². The molecule has 0 saturated carbocycles. The third-order valence-corrected chi connectivity index (χ3v) is 6.15. The highest BCUT2D eigenvalue weighted by molar-refractivity contribution is 7.91. The third-order valence-electron chi connectivity index (χ3n) is 4.41. The van der Waals surface area contributed by atoms with Gasteiger partial charge in [-0.3, -0.25) is 9.59 Å². The average molecular weight is 403 g/mol. The summed E-state index contributed by atoms with van der Waals surface area (Å²) in [5.41, 5.74) is 1.67. The van der Waals surface area contributed by atoms with Crippen molar-refractivity contribution in [2.75, 3.05) is 11.1 Å². The molecule has 0 radical (unpaired) electrons. The number of sulfone groups is 1. The van der Waals surface area contributed by atoms with Crippen LogP contribution in [0.3, 0.4) is 0 Å². The monoisotopic (exact) mass is 402 g/mol. The van der Waals surface area contributed by atoms with E-state index in [4.69, 9.17) is 0 Å². The van der Waals surface area contributed by atoms with E-state index in [-0.39, 0.29) is 29.0 Å². The number of para-hydroxylation sites is 1. The molecule has 0 aliphatic rings. The number of anilines is 1. The highest BCUT2D eigenvalue weighted by Gasteiger charge is 2.18. The Balaban J connectivity index is 2.03. The number of benzene rings is 2. The molecule has 0 aromatic heterocycles. The first kappa shape index (κ1) is 21.6. The molecule has 1 atom stereocenters. The minimum atomic E-state index is -3.55. The molecule has 2 rings (SSSR count). The SMILES string of the molecule is CCC(C)NC(=O)c1ccccc1NC(=O)CCS(=O)(=O)c1ccc(C)cc1. The Hall–Kier alpha value is -2.67. The maximum atomic E-state index is 12.4. The molecule has 7 heteroatoms. The zero-order chi connectivity index (χ0) is 20.7. The number of aryl methyl sites for hydroxylation is 1. The quantitative estimate of drug-likeness (QED) is 0.708. The first-order valence-electron chi connectivity index (χ1n) is 9.22. The van der Waals surface area contributed by atoms with E-state index in [0.29, 0.717) is 11.3 Å². The summed E-state index contributed by atoms with van der Waals surface area (Å²) < 4.78 is 24.8. The lowest BCUT2D eigenvalue weighted by Gasteiger charge is -2.14. The van der Waals surface area contributed by atoms with Gasteiger partial charge in [0, 0.05) is 12.5 Å². The molecule has 0 bridgehead atoms. The maximum Gasteiger partial charge on any atom is 0.253 e. The standard InChI is InChI=1S/C21H26N2O4S/c1-4-16(3)22-21(25)18-7-5-6-8-19(18)23-20(24)13-14-28(26,27)17-11-9-15(2)10-12-17/h5-12,16H,4,13-14H2,1-3H3,(H,22,25)(H,23,24). The van der Waals surface area contributed by atoms with Crippen molar-refractivity contribution >= 4 is 27.3 Å². The number of carbonyl (C=O) groups excluding carboxylic acids is 2. The minimum Gasteiger partial charge on any atom is -0.350 e. The van der Waals surface area contributed by atoms with Crippen LogP contribution < -0.4 is 10.6 Å². The Morgan fingerprint density at radius 3 is 2.32 bits per heavy atom. The molecule has 0 fully saturated rings. The summed E-state index contributed by atoms with van der Waals surface area (Å²) in [5.74, 6) is -1.04. The summed E-state index contributed by atoms with van der Waals surface area (Å²) >= 11 is 0. The predicted molar refractivity (Wildman–Crippen MR) is 110 cm³/mol. The van der Waals surface area contributed by atoms with Crippen molar-refractivity contribution in [1.29, 1.82) is 0 Å². The number of hydrogen-bond acceptors (Lipinski definition) is 4. The lowest BCUT2D eigenvalue weighted by atomic mass is 10.1. The molecule has 2 aromatic carbocycles.